The van der Waals surface area contributed by atoms with Gasteiger partial charge >= 0.3 is 0 Å². The largest absolute Gasteiger partial charge is 0.457 e. The first-order valence-electron chi connectivity index (χ1n) is 9.12. The Morgan fingerprint density at radius 3 is 2.24 bits per heavy atom. The van der Waals surface area contributed by atoms with E-state index in [4.69, 9.17) is 14.3 Å². The minimum Gasteiger partial charge on any atom is -0.457 e. The van der Waals surface area contributed by atoms with Gasteiger partial charge in [0.25, 0.3) is 0 Å². The Morgan fingerprint density at radius 2 is 1.62 bits per heavy atom. The van der Waals surface area contributed by atoms with Crippen LogP contribution >= 0.6 is 0 Å². The molecule has 0 atom stereocenters. The molecule has 0 saturated carbocycles. The molecule has 4 rings (SSSR count). The number of aryl methyl sites for hydroxylation is 1. The third kappa shape index (κ3) is 5.55. The number of carbonyl (C=O) groups excluding carboxylic acids is 1. The number of nitrogens with two attached hydrogens (primary N) is 1. The molecule has 0 aliphatic carbocycles. The lowest BCUT2D eigenvalue weighted by Crippen LogP contribution is -1.99. The number of benzene rings is 2. The lowest BCUT2D eigenvalue weighted by atomic mass is 10.2. The quantitative estimate of drug-likeness (QED) is 0.643. The molecule has 1 aliphatic rings. The Labute approximate surface area is 169 Å². The molecule has 0 radical (unpaired) electrons. The van der Waals surface area contributed by atoms with Crippen molar-refractivity contribution < 1.29 is 14.3 Å². The zero-order chi connectivity index (χ0) is 20.5. The molecule has 3 aromatic rings. The van der Waals surface area contributed by atoms with E-state index in [9.17, 15) is 0 Å². The topological polar surface area (TPSA) is 99.4 Å². The predicted molar refractivity (Wildman–Crippen MR) is 111 cm³/mol. The van der Waals surface area contributed by atoms with E-state index in [1.807, 2.05) is 67.7 Å². The zero-order valence-corrected chi connectivity index (χ0v) is 16.0. The van der Waals surface area contributed by atoms with Gasteiger partial charge in [0.1, 0.15) is 17.2 Å². The van der Waals surface area contributed by atoms with Crippen molar-refractivity contribution in [1.82, 2.24) is 15.3 Å². The highest BCUT2D eigenvalue weighted by molar-refractivity contribution is 5.61. The number of para-hydroxylation sites is 1. The Kier molecular flexibility index (Phi) is 6.78. The highest BCUT2D eigenvalue weighted by Gasteiger charge is 2.13. The van der Waals surface area contributed by atoms with Crippen LogP contribution in [0.1, 0.15) is 17.8 Å². The molecule has 0 spiro atoms. The first-order valence-corrected chi connectivity index (χ1v) is 9.12. The third-order valence-electron chi connectivity index (χ3n) is 4.04. The summed E-state index contributed by atoms with van der Waals surface area (Å²) in [4.78, 5) is 17.6. The van der Waals surface area contributed by atoms with E-state index in [-0.39, 0.29) is 6.41 Å². The predicted octanol–water partition coefficient (Wildman–Crippen LogP) is 3.81. The first-order chi connectivity index (χ1) is 14.2. The molecule has 2 aromatic carbocycles. The van der Waals surface area contributed by atoms with Gasteiger partial charge in [0.2, 0.25) is 12.3 Å². The highest BCUT2D eigenvalue weighted by atomic mass is 16.5. The van der Waals surface area contributed by atoms with Gasteiger partial charge in [0.15, 0.2) is 5.82 Å². The zero-order valence-electron chi connectivity index (χ0n) is 16.0. The van der Waals surface area contributed by atoms with Crippen LogP contribution in [0.2, 0.25) is 0 Å². The van der Waals surface area contributed by atoms with Crippen LogP contribution in [0.4, 0.5) is 0 Å². The Balaban J connectivity index is 0.000000755. The number of ether oxygens (including phenoxy) is 2. The van der Waals surface area contributed by atoms with Crippen LogP contribution in [0.5, 0.6) is 23.1 Å². The Hall–Kier alpha value is -3.87. The van der Waals surface area contributed by atoms with Crippen molar-refractivity contribution in [3.8, 4) is 23.1 Å². The van der Waals surface area contributed by atoms with Crippen LogP contribution in [0.3, 0.4) is 0 Å². The Morgan fingerprint density at radius 1 is 1.00 bits per heavy atom. The molecule has 148 valence electrons. The summed E-state index contributed by atoms with van der Waals surface area (Å²) in [6.07, 6.45) is 4.93. The van der Waals surface area contributed by atoms with Crippen molar-refractivity contribution in [2.75, 3.05) is 6.54 Å². The van der Waals surface area contributed by atoms with Crippen molar-refractivity contribution in [2.45, 2.75) is 13.3 Å². The second kappa shape index (κ2) is 9.89. The number of hydrogen-bond donors (Lipinski definition) is 2. The third-order valence-corrected chi connectivity index (χ3v) is 4.04. The number of hydrogen-bond acceptors (Lipinski definition) is 6. The molecule has 3 N–H and O–H groups in total. The molecule has 2 heterocycles. The fourth-order valence-electron chi connectivity index (χ4n) is 2.65. The molecule has 7 nitrogen and oxygen atoms in total. The van der Waals surface area contributed by atoms with Gasteiger partial charge < -0.3 is 20.5 Å². The second-order valence-corrected chi connectivity index (χ2v) is 6.18. The normalized spacial score (nSPS) is 12.1. The fraction of sp³-hybridized carbons (Fsp3) is 0.136. The monoisotopic (exact) mass is 390 g/mol. The fourth-order valence-corrected chi connectivity index (χ4v) is 2.65. The summed E-state index contributed by atoms with van der Waals surface area (Å²) in [6.45, 7) is 2.86. The van der Waals surface area contributed by atoms with Gasteiger partial charge in [-0.3, -0.25) is 4.79 Å². The van der Waals surface area contributed by atoms with Gasteiger partial charge in [-0.15, -0.1) is 0 Å². The summed E-state index contributed by atoms with van der Waals surface area (Å²) < 4.78 is 11.8. The molecule has 1 aromatic heterocycles. The summed E-state index contributed by atoms with van der Waals surface area (Å²) in [5, 5.41) is 3.18. The molecular formula is C22H22N4O3. The average Bonchev–Trinajstić information content (AvgIpc) is 3.27. The van der Waals surface area contributed by atoms with Crippen molar-refractivity contribution in [2.24, 2.45) is 5.73 Å². The van der Waals surface area contributed by atoms with E-state index in [0.717, 1.165) is 35.6 Å². The molecule has 7 heteroatoms. The molecular weight excluding hydrogens is 368 g/mol. The maximum atomic E-state index is 8.58. The molecule has 1 amide bonds. The molecule has 1 aliphatic heterocycles. The number of amides is 1. The van der Waals surface area contributed by atoms with E-state index in [1.165, 1.54) is 0 Å². The smallest absolute Gasteiger partial charge is 0.225 e. The molecule has 29 heavy (non-hydrogen) atoms. The van der Waals surface area contributed by atoms with Gasteiger partial charge in [-0.05, 0) is 49.7 Å². The minimum atomic E-state index is 0.250. The summed E-state index contributed by atoms with van der Waals surface area (Å²) in [7, 11) is 0. The number of carbonyl (C=O) groups is 1. The van der Waals surface area contributed by atoms with E-state index >= 15 is 0 Å². The molecule has 0 bridgehead atoms. The van der Waals surface area contributed by atoms with E-state index in [2.05, 4.69) is 21.0 Å². The van der Waals surface area contributed by atoms with Crippen LogP contribution in [-0.2, 0) is 4.79 Å². The lowest BCUT2D eigenvalue weighted by molar-refractivity contribution is -0.106. The summed E-state index contributed by atoms with van der Waals surface area (Å²) in [5.41, 5.74) is 6.16. The van der Waals surface area contributed by atoms with Crippen LogP contribution in [-0.4, -0.2) is 22.9 Å². The summed E-state index contributed by atoms with van der Waals surface area (Å²) in [6, 6.07) is 17.2. The first kappa shape index (κ1) is 19.9. The molecule has 0 fully saturated rings. The van der Waals surface area contributed by atoms with Gasteiger partial charge in [0.05, 0.1) is 0 Å². The summed E-state index contributed by atoms with van der Waals surface area (Å²) >= 11 is 0. The van der Waals surface area contributed by atoms with Crippen molar-refractivity contribution in [1.29, 1.82) is 0 Å². The van der Waals surface area contributed by atoms with Crippen LogP contribution < -0.4 is 20.5 Å². The Bertz CT molecular complexity index is 973. The van der Waals surface area contributed by atoms with E-state index in [1.54, 1.807) is 6.20 Å². The number of primary amides is 1. The number of nitrogens with zero attached hydrogens (tertiary/aromatic N) is 2. The van der Waals surface area contributed by atoms with Crippen LogP contribution in [0.25, 0.3) is 5.57 Å². The second-order valence-electron chi connectivity index (χ2n) is 6.18. The number of nitrogens with one attached hydrogen (secondary N) is 1. The van der Waals surface area contributed by atoms with E-state index < -0.39 is 0 Å². The number of rotatable bonds is 5. The van der Waals surface area contributed by atoms with Crippen molar-refractivity contribution in [3.05, 3.63) is 78.4 Å². The van der Waals surface area contributed by atoms with Crippen molar-refractivity contribution >= 4 is 12.0 Å². The molecule has 0 unspecified atom stereocenters. The minimum absolute atomic E-state index is 0.250. The highest BCUT2D eigenvalue weighted by Crippen LogP contribution is 2.28. The van der Waals surface area contributed by atoms with Gasteiger partial charge in [-0.25, -0.2) is 4.98 Å². The standard InChI is InChI=1S/C21H19N3O2.CH3NO/c1-15-13-23-20(16-11-12-22-14-16)24-21(15)26-19-9-7-18(8-10-19)25-17-5-3-2-4-6-17;2-1-3/h2-10,13-14,22H,11-12H2,1H3;1H,(H2,2,3). The van der Waals surface area contributed by atoms with Crippen molar-refractivity contribution in [3.63, 3.8) is 0 Å². The van der Waals surface area contributed by atoms with Crippen LogP contribution in [0.15, 0.2) is 67.0 Å². The SMILES string of the molecule is Cc1cnc(C2=CNCC2)nc1Oc1ccc(Oc2ccccc2)cc1.NC=O. The van der Waals surface area contributed by atoms with E-state index in [0.29, 0.717) is 17.5 Å². The maximum Gasteiger partial charge on any atom is 0.225 e. The van der Waals surface area contributed by atoms with Gasteiger partial charge in [-0.2, -0.15) is 4.98 Å². The lowest BCUT2D eigenvalue weighted by Gasteiger charge is -2.10. The van der Waals surface area contributed by atoms with Gasteiger partial charge in [0, 0.05) is 30.1 Å². The van der Waals surface area contributed by atoms with Gasteiger partial charge in [-0.1, -0.05) is 18.2 Å². The number of aromatic nitrogens is 2. The average molecular weight is 390 g/mol. The summed E-state index contributed by atoms with van der Waals surface area (Å²) in [5.74, 6) is 3.54. The maximum absolute atomic E-state index is 8.58. The molecule has 0 saturated heterocycles. The van der Waals surface area contributed by atoms with Crippen LogP contribution in [0, 0.1) is 6.92 Å².